The Morgan fingerprint density at radius 1 is 0.615 bits per heavy atom. The first-order chi connectivity index (χ1) is 6.39. The van der Waals surface area contributed by atoms with Crippen LogP contribution < -0.4 is 0 Å². The van der Waals surface area contributed by atoms with Gasteiger partial charge >= 0.3 is 0 Å². The minimum Gasteiger partial charge on any atom is -0.0843 e. The summed E-state index contributed by atoms with van der Waals surface area (Å²) in [6, 6.07) is 0. The molecular weight excluding hydrogens is 180 g/mol. The van der Waals surface area contributed by atoms with E-state index in [1.165, 1.54) is 0 Å². The zero-order valence-corrected chi connectivity index (χ0v) is 7.98. The number of rotatable bonds is 0. The van der Waals surface area contributed by atoms with Crippen LogP contribution in [-0.2, 0) is 0 Å². The van der Waals surface area contributed by atoms with Crippen molar-refractivity contribution in [2.45, 2.75) is 0 Å². The zero-order valence-electron chi connectivity index (χ0n) is 7.23. The van der Waals surface area contributed by atoms with E-state index < -0.39 is 0 Å². The summed E-state index contributed by atoms with van der Waals surface area (Å²) < 4.78 is 0. The Morgan fingerprint density at radius 2 is 1.08 bits per heavy atom. The molecule has 13 heavy (non-hydrogen) atoms. The maximum absolute atomic E-state index is 5.86. The molecule has 0 radical (unpaired) electrons. The Labute approximate surface area is 83.9 Å². The second kappa shape index (κ2) is 6.27. The van der Waals surface area contributed by atoms with Gasteiger partial charge < -0.3 is 0 Å². The Hall–Kier alpha value is -1.27. The van der Waals surface area contributed by atoms with Gasteiger partial charge in [-0.1, -0.05) is 66.3 Å². The van der Waals surface area contributed by atoms with Crippen LogP contribution in [0.4, 0.5) is 0 Å². The molecule has 0 nitrogen and oxygen atoms in total. The molecule has 0 aromatic heterocycles. The molecule has 0 spiro atoms. The highest BCUT2D eigenvalue weighted by Crippen LogP contribution is 2.03. The number of allylic oxidation sites excluding steroid dienone is 12. The molecular formula is C12H11Cl. The van der Waals surface area contributed by atoms with Crippen molar-refractivity contribution in [1.29, 1.82) is 0 Å². The van der Waals surface area contributed by atoms with E-state index in [9.17, 15) is 0 Å². The highest BCUT2D eigenvalue weighted by molar-refractivity contribution is 6.31. The lowest BCUT2D eigenvalue weighted by Crippen LogP contribution is -1.62. The van der Waals surface area contributed by atoms with Crippen molar-refractivity contribution in [3.63, 3.8) is 0 Å². The Bertz CT molecular complexity index is 312. The van der Waals surface area contributed by atoms with Gasteiger partial charge in [-0.05, 0) is 12.2 Å². The molecule has 0 amide bonds. The van der Waals surface area contributed by atoms with Crippen LogP contribution in [-0.4, -0.2) is 0 Å². The SMILES string of the molecule is ClC1=C\C=C/C=C\C=C/C=C\C=C1. The third-order valence-corrected chi connectivity index (χ3v) is 1.65. The van der Waals surface area contributed by atoms with Crippen molar-refractivity contribution in [2.75, 3.05) is 0 Å². The Balaban J connectivity index is 2.78. The molecule has 0 heterocycles. The van der Waals surface area contributed by atoms with Gasteiger partial charge in [-0.25, -0.2) is 0 Å². The highest BCUT2D eigenvalue weighted by atomic mass is 35.5. The molecule has 0 unspecified atom stereocenters. The molecule has 1 aliphatic carbocycles. The molecule has 0 aromatic carbocycles. The molecule has 0 atom stereocenters. The Morgan fingerprint density at radius 3 is 1.69 bits per heavy atom. The van der Waals surface area contributed by atoms with Gasteiger partial charge in [-0.15, -0.1) is 0 Å². The lowest BCUT2D eigenvalue weighted by atomic mass is 10.3. The average Bonchev–Trinajstić information content (AvgIpc) is 2.11. The van der Waals surface area contributed by atoms with Gasteiger partial charge in [0.05, 0.1) is 0 Å². The minimum atomic E-state index is 0.721. The molecule has 0 saturated carbocycles. The van der Waals surface area contributed by atoms with Gasteiger partial charge in [0, 0.05) is 5.03 Å². The maximum Gasteiger partial charge on any atom is 0.0405 e. The maximum atomic E-state index is 5.86. The van der Waals surface area contributed by atoms with Crippen LogP contribution in [0.1, 0.15) is 0 Å². The van der Waals surface area contributed by atoms with Crippen molar-refractivity contribution < 1.29 is 0 Å². The first-order valence-corrected chi connectivity index (χ1v) is 4.48. The van der Waals surface area contributed by atoms with Gasteiger partial charge in [0.2, 0.25) is 0 Å². The lowest BCUT2D eigenvalue weighted by molar-refractivity contribution is 1.78. The molecule has 1 rings (SSSR count). The number of halogens is 1. The molecule has 0 bridgehead atoms. The van der Waals surface area contributed by atoms with Crippen molar-refractivity contribution in [3.8, 4) is 0 Å². The van der Waals surface area contributed by atoms with Crippen molar-refractivity contribution in [3.05, 3.63) is 71.9 Å². The smallest absolute Gasteiger partial charge is 0.0405 e. The molecule has 0 aromatic rings. The van der Waals surface area contributed by atoms with E-state index in [2.05, 4.69) is 0 Å². The van der Waals surface area contributed by atoms with Crippen molar-refractivity contribution >= 4 is 11.6 Å². The first-order valence-electron chi connectivity index (χ1n) is 4.10. The van der Waals surface area contributed by atoms with Gasteiger partial charge in [0.25, 0.3) is 0 Å². The summed E-state index contributed by atoms with van der Waals surface area (Å²) in [7, 11) is 0. The van der Waals surface area contributed by atoms with Crippen LogP contribution in [0.5, 0.6) is 0 Å². The fraction of sp³-hybridized carbons (Fsp3) is 0. The fourth-order valence-electron chi connectivity index (χ4n) is 0.800. The molecule has 1 heteroatoms. The summed E-state index contributed by atoms with van der Waals surface area (Å²) in [5.41, 5.74) is 0. The van der Waals surface area contributed by atoms with Gasteiger partial charge in [0.1, 0.15) is 0 Å². The van der Waals surface area contributed by atoms with E-state index in [0.717, 1.165) is 5.03 Å². The monoisotopic (exact) mass is 190 g/mol. The van der Waals surface area contributed by atoms with Crippen LogP contribution in [0.25, 0.3) is 0 Å². The fourth-order valence-corrected chi connectivity index (χ4v) is 0.945. The van der Waals surface area contributed by atoms with Crippen LogP contribution in [0.15, 0.2) is 71.9 Å². The number of hydrogen-bond donors (Lipinski definition) is 0. The summed E-state index contributed by atoms with van der Waals surface area (Å²) >= 11 is 5.86. The van der Waals surface area contributed by atoms with E-state index in [1.54, 1.807) is 0 Å². The minimum absolute atomic E-state index is 0.721. The molecule has 0 saturated heterocycles. The first kappa shape index (κ1) is 9.82. The molecule has 0 N–H and O–H groups in total. The van der Waals surface area contributed by atoms with E-state index in [-0.39, 0.29) is 0 Å². The average molecular weight is 191 g/mol. The second-order valence-electron chi connectivity index (χ2n) is 2.45. The molecule has 1 aliphatic rings. The quantitative estimate of drug-likeness (QED) is 0.544. The van der Waals surface area contributed by atoms with E-state index in [4.69, 9.17) is 11.6 Å². The molecule has 0 aliphatic heterocycles. The topological polar surface area (TPSA) is 0 Å². The van der Waals surface area contributed by atoms with E-state index in [0.29, 0.717) is 0 Å². The summed E-state index contributed by atoms with van der Waals surface area (Å²) in [5.74, 6) is 0. The van der Waals surface area contributed by atoms with E-state index in [1.807, 2.05) is 66.8 Å². The van der Waals surface area contributed by atoms with Crippen molar-refractivity contribution in [1.82, 2.24) is 0 Å². The van der Waals surface area contributed by atoms with Crippen LogP contribution in [0.3, 0.4) is 0 Å². The van der Waals surface area contributed by atoms with Crippen LogP contribution in [0, 0.1) is 0 Å². The predicted molar refractivity (Wildman–Crippen MR) is 59.6 cm³/mol. The van der Waals surface area contributed by atoms with Gasteiger partial charge in [-0.2, -0.15) is 0 Å². The molecule has 66 valence electrons. The lowest BCUT2D eigenvalue weighted by Gasteiger charge is -1.84. The Kier molecular flexibility index (Phi) is 4.73. The number of hydrogen-bond acceptors (Lipinski definition) is 0. The zero-order chi connectivity index (χ0) is 9.36. The normalized spacial score (nSPS) is 26.4. The second-order valence-corrected chi connectivity index (χ2v) is 2.89. The summed E-state index contributed by atoms with van der Waals surface area (Å²) in [5, 5.41) is 0.721. The summed E-state index contributed by atoms with van der Waals surface area (Å²) in [4.78, 5) is 0. The van der Waals surface area contributed by atoms with Gasteiger partial charge in [0.15, 0.2) is 0 Å². The van der Waals surface area contributed by atoms with Crippen LogP contribution >= 0.6 is 11.6 Å². The van der Waals surface area contributed by atoms with Gasteiger partial charge in [-0.3, -0.25) is 0 Å². The highest BCUT2D eigenvalue weighted by Gasteiger charge is 1.78. The third-order valence-electron chi connectivity index (χ3n) is 1.40. The standard InChI is InChI=1S/C12H11Cl/c13-12-10-8-6-4-2-1-3-5-7-9-11-12/h1-11H/b2-1-,3-1?,4-2?,5-3-,6-4-,7-5?,8-6?,9-7-,10-8?,11-9?,12-10?,12-11?. The van der Waals surface area contributed by atoms with Crippen LogP contribution in [0.2, 0.25) is 0 Å². The largest absolute Gasteiger partial charge is 0.0843 e. The van der Waals surface area contributed by atoms with E-state index >= 15 is 0 Å². The third kappa shape index (κ3) is 5.05. The predicted octanol–water partition coefficient (Wildman–Crippen LogP) is 3.90. The molecule has 0 fully saturated rings. The summed E-state index contributed by atoms with van der Waals surface area (Å²) in [6.45, 7) is 0. The summed E-state index contributed by atoms with van der Waals surface area (Å²) in [6.07, 6.45) is 21.2. The van der Waals surface area contributed by atoms with Crippen molar-refractivity contribution in [2.24, 2.45) is 0 Å².